The summed E-state index contributed by atoms with van der Waals surface area (Å²) in [7, 11) is 0. The normalized spacial score (nSPS) is 20.1. The maximum atomic E-state index is 11.9. The van der Waals surface area contributed by atoms with Crippen molar-refractivity contribution >= 4 is 16.6 Å². The van der Waals surface area contributed by atoms with Crippen molar-refractivity contribution in [3.05, 3.63) is 40.7 Å². The Morgan fingerprint density at radius 1 is 1.35 bits per heavy atom. The highest BCUT2D eigenvalue weighted by Gasteiger charge is 2.21. The number of anilines is 1. The molecule has 1 aromatic heterocycles. The molecular weight excluding hydrogens is 216 g/mol. The molecule has 1 atom stereocenters. The fraction of sp³-hybridized carbons (Fsp3) is 0.308. The molecule has 0 bridgehead atoms. The van der Waals surface area contributed by atoms with Gasteiger partial charge in [-0.2, -0.15) is 0 Å². The first-order chi connectivity index (χ1) is 8.24. The van der Waals surface area contributed by atoms with Crippen LogP contribution in [0.1, 0.15) is 6.42 Å². The van der Waals surface area contributed by atoms with E-state index in [-0.39, 0.29) is 11.7 Å². The summed E-state index contributed by atoms with van der Waals surface area (Å²) >= 11 is 0. The maximum absolute atomic E-state index is 11.9. The number of β-amino-alcohol motifs (C(OH)–C–C–N with tert-alkyl or cyclic N) is 1. The number of nitrogens with one attached hydrogen (secondary N) is 1. The zero-order chi connectivity index (χ0) is 11.8. The molecule has 3 rings (SSSR count). The van der Waals surface area contributed by atoms with Crippen molar-refractivity contribution in [1.82, 2.24) is 4.98 Å². The van der Waals surface area contributed by atoms with Gasteiger partial charge in [0.05, 0.1) is 6.10 Å². The summed E-state index contributed by atoms with van der Waals surface area (Å²) in [5.74, 6) is 0.797. The Morgan fingerprint density at radius 2 is 2.18 bits per heavy atom. The van der Waals surface area contributed by atoms with Crippen molar-refractivity contribution < 1.29 is 5.11 Å². The number of fused-ring (bicyclic) bond motifs is 1. The maximum Gasteiger partial charge on any atom is 0.257 e. The second-order valence-corrected chi connectivity index (χ2v) is 4.46. The van der Waals surface area contributed by atoms with E-state index >= 15 is 0 Å². The van der Waals surface area contributed by atoms with E-state index in [1.165, 1.54) is 0 Å². The highest BCUT2D eigenvalue weighted by atomic mass is 16.3. The summed E-state index contributed by atoms with van der Waals surface area (Å²) in [6.45, 7) is 1.38. The summed E-state index contributed by atoms with van der Waals surface area (Å²) in [5, 5.41) is 11.2. The lowest BCUT2D eigenvalue weighted by Crippen LogP contribution is -2.24. The number of benzene rings is 1. The fourth-order valence-electron chi connectivity index (χ4n) is 2.33. The molecular formula is C13H14N2O2. The van der Waals surface area contributed by atoms with E-state index < -0.39 is 0 Å². The summed E-state index contributed by atoms with van der Waals surface area (Å²) < 4.78 is 0. The molecule has 1 aromatic carbocycles. The molecule has 2 N–H and O–H groups in total. The standard InChI is InChI=1S/C13H14N2O2/c16-10-5-6-15(8-10)12-7-9-3-1-2-4-11(9)13(17)14-12/h1-4,7,10,16H,5-6,8H2,(H,14,17)/t10-/m1/s1. The van der Waals surface area contributed by atoms with Gasteiger partial charge in [0.1, 0.15) is 5.82 Å². The molecule has 0 amide bonds. The van der Waals surface area contributed by atoms with Crippen molar-refractivity contribution in [2.75, 3.05) is 18.0 Å². The van der Waals surface area contributed by atoms with Gasteiger partial charge < -0.3 is 15.0 Å². The van der Waals surface area contributed by atoms with E-state index in [1.54, 1.807) is 0 Å². The predicted molar refractivity (Wildman–Crippen MR) is 67.4 cm³/mol. The van der Waals surface area contributed by atoms with Crippen LogP contribution < -0.4 is 10.5 Å². The van der Waals surface area contributed by atoms with Gasteiger partial charge in [-0.25, -0.2) is 0 Å². The second-order valence-electron chi connectivity index (χ2n) is 4.46. The lowest BCUT2D eigenvalue weighted by molar-refractivity contribution is 0.198. The number of aromatic nitrogens is 1. The van der Waals surface area contributed by atoms with Gasteiger partial charge in [0, 0.05) is 18.5 Å². The van der Waals surface area contributed by atoms with Crippen molar-refractivity contribution in [2.45, 2.75) is 12.5 Å². The molecule has 88 valence electrons. The molecule has 0 unspecified atom stereocenters. The monoisotopic (exact) mass is 230 g/mol. The van der Waals surface area contributed by atoms with E-state index in [9.17, 15) is 9.90 Å². The zero-order valence-corrected chi connectivity index (χ0v) is 9.39. The molecule has 1 aliphatic heterocycles. The van der Waals surface area contributed by atoms with Gasteiger partial charge in [-0.15, -0.1) is 0 Å². The van der Waals surface area contributed by atoms with Crippen LogP contribution in [-0.2, 0) is 0 Å². The molecule has 17 heavy (non-hydrogen) atoms. The molecule has 2 heterocycles. The molecule has 0 spiro atoms. The number of rotatable bonds is 1. The van der Waals surface area contributed by atoms with Gasteiger partial charge in [-0.05, 0) is 23.9 Å². The minimum Gasteiger partial charge on any atom is -0.391 e. The molecule has 2 aromatic rings. The average molecular weight is 230 g/mol. The van der Waals surface area contributed by atoms with Crippen molar-refractivity contribution in [2.24, 2.45) is 0 Å². The first-order valence-electron chi connectivity index (χ1n) is 5.79. The zero-order valence-electron chi connectivity index (χ0n) is 9.39. The smallest absolute Gasteiger partial charge is 0.257 e. The van der Waals surface area contributed by atoms with Gasteiger partial charge >= 0.3 is 0 Å². The number of aliphatic hydroxyl groups excluding tert-OH is 1. The number of hydrogen-bond acceptors (Lipinski definition) is 3. The van der Waals surface area contributed by atoms with Crippen LogP contribution >= 0.6 is 0 Å². The van der Waals surface area contributed by atoms with E-state index in [0.717, 1.165) is 24.2 Å². The van der Waals surface area contributed by atoms with Gasteiger partial charge in [0.25, 0.3) is 5.56 Å². The van der Waals surface area contributed by atoms with Crippen molar-refractivity contribution in [3.63, 3.8) is 0 Å². The van der Waals surface area contributed by atoms with E-state index in [1.807, 2.05) is 35.2 Å². The Balaban J connectivity index is 2.09. The Bertz CT molecular complexity index is 606. The summed E-state index contributed by atoms with van der Waals surface area (Å²) in [4.78, 5) is 16.8. The topological polar surface area (TPSA) is 56.3 Å². The van der Waals surface area contributed by atoms with Crippen LogP contribution in [-0.4, -0.2) is 29.3 Å². The van der Waals surface area contributed by atoms with Crippen molar-refractivity contribution in [3.8, 4) is 0 Å². The quantitative estimate of drug-likeness (QED) is 0.771. The van der Waals surface area contributed by atoms with Crippen LogP contribution in [0, 0.1) is 0 Å². The van der Waals surface area contributed by atoms with Crippen molar-refractivity contribution in [1.29, 1.82) is 0 Å². The minimum atomic E-state index is -0.287. The third-order valence-corrected chi connectivity index (χ3v) is 3.24. The van der Waals surface area contributed by atoms with Gasteiger partial charge in [0.15, 0.2) is 0 Å². The summed E-state index contributed by atoms with van der Waals surface area (Å²) in [6, 6.07) is 9.49. The molecule has 0 radical (unpaired) electrons. The Kier molecular flexibility index (Phi) is 2.37. The molecule has 1 fully saturated rings. The first kappa shape index (κ1) is 10.4. The van der Waals surface area contributed by atoms with E-state index in [0.29, 0.717) is 11.9 Å². The molecule has 4 nitrogen and oxygen atoms in total. The number of pyridine rings is 1. The molecule has 1 saturated heterocycles. The Morgan fingerprint density at radius 3 is 2.94 bits per heavy atom. The third-order valence-electron chi connectivity index (χ3n) is 3.24. The molecule has 0 aliphatic carbocycles. The molecule has 1 aliphatic rings. The highest BCUT2D eigenvalue weighted by Crippen LogP contribution is 2.20. The van der Waals surface area contributed by atoms with Crippen LogP contribution in [0.3, 0.4) is 0 Å². The fourth-order valence-corrected chi connectivity index (χ4v) is 2.33. The lowest BCUT2D eigenvalue weighted by Gasteiger charge is -2.17. The van der Waals surface area contributed by atoms with Crippen LogP contribution in [0.4, 0.5) is 5.82 Å². The number of hydrogen-bond donors (Lipinski definition) is 2. The average Bonchev–Trinajstić information content (AvgIpc) is 2.76. The predicted octanol–water partition coefficient (Wildman–Crippen LogP) is 1.10. The van der Waals surface area contributed by atoms with E-state index in [2.05, 4.69) is 4.98 Å². The Labute approximate surface area is 98.5 Å². The first-order valence-corrected chi connectivity index (χ1v) is 5.79. The van der Waals surface area contributed by atoms with Gasteiger partial charge in [0.2, 0.25) is 0 Å². The van der Waals surface area contributed by atoms with Crippen LogP contribution in [0.5, 0.6) is 0 Å². The largest absolute Gasteiger partial charge is 0.391 e. The van der Waals surface area contributed by atoms with Crippen LogP contribution in [0.25, 0.3) is 10.8 Å². The summed E-state index contributed by atoms with van der Waals surface area (Å²) in [6.07, 6.45) is 0.472. The number of aliphatic hydroxyl groups is 1. The van der Waals surface area contributed by atoms with Gasteiger partial charge in [-0.1, -0.05) is 18.2 Å². The Hall–Kier alpha value is -1.81. The second kappa shape index (κ2) is 3.89. The van der Waals surface area contributed by atoms with Crippen LogP contribution in [0.2, 0.25) is 0 Å². The molecule has 4 heteroatoms. The summed E-state index contributed by atoms with van der Waals surface area (Å²) in [5.41, 5.74) is -0.0699. The highest BCUT2D eigenvalue weighted by molar-refractivity contribution is 5.83. The SMILES string of the molecule is O=c1[nH]c(N2CC[C@@H](O)C2)cc2ccccc12. The lowest BCUT2D eigenvalue weighted by atomic mass is 10.2. The molecule has 0 saturated carbocycles. The third kappa shape index (κ3) is 1.80. The minimum absolute atomic E-state index is 0.0699. The van der Waals surface area contributed by atoms with E-state index in [4.69, 9.17) is 0 Å². The number of H-pyrrole nitrogens is 1. The van der Waals surface area contributed by atoms with Gasteiger partial charge in [-0.3, -0.25) is 4.79 Å². The number of nitrogens with zero attached hydrogens (tertiary/aromatic N) is 1. The van der Waals surface area contributed by atoms with Crippen LogP contribution in [0.15, 0.2) is 35.1 Å². The number of aromatic amines is 1.